The van der Waals surface area contributed by atoms with Crippen LogP contribution in [0.2, 0.25) is 0 Å². The van der Waals surface area contributed by atoms with Crippen LogP contribution in [0.25, 0.3) is 0 Å². The lowest BCUT2D eigenvalue weighted by Gasteiger charge is -2.27. The van der Waals surface area contributed by atoms with E-state index in [4.69, 9.17) is 0 Å². The number of amides is 1. The average Bonchev–Trinajstić information content (AvgIpc) is 3.15. The predicted octanol–water partition coefficient (Wildman–Crippen LogP) is 1.22. The van der Waals surface area contributed by atoms with E-state index >= 15 is 0 Å². The Labute approximate surface area is 138 Å². The number of nitrogens with zero attached hydrogens (tertiary/aromatic N) is 4. The number of hydrogen-bond acceptors (Lipinski definition) is 4. The third kappa shape index (κ3) is 2.57. The van der Waals surface area contributed by atoms with Gasteiger partial charge in [-0.25, -0.2) is 4.79 Å². The van der Waals surface area contributed by atoms with Crippen LogP contribution >= 0.6 is 0 Å². The van der Waals surface area contributed by atoms with E-state index in [0.717, 1.165) is 17.9 Å². The largest absolute Gasteiger partial charge is 0.476 e. The second-order valence-electron chi connectivity index (χ2n) is 6.62. The molecule has 1 fully saturated rings. The molecular weight excluding hydrogens is 310 g/mol. The zero-order valence-electron chi connectivity index (χ0n) is 13.4. The van der Waals surface area contributed by atoms with Gasteiger partial charge in [-0.1, -0.05) is 0 Å². The molecular formula is C16H19N5O3. The van der Waals surface area contributed by atoms with E-state index in [-0.39, 0.29) is 18.1 Å². The molecule has 0 atom stereocenters. The maximum Gasteiger partial charge on any atom is 0.356 e. The van der Waals surface area contributed by atoms with Crippen molar-refractivity contribution in [2.75, 3.05) is 6.54 Å². The second-order valence-corrected chi connectivity index (χ2v) is 6.62. The third-order valence-corrected chi connectivity index (χ3v) is 4.68. The topological polar surface area (TPSA) is 104 Å². The number of rotatable bonds is 4. The molecule has 2 aromatic heterocycles. The maximum atomic E-state index is 12.6. The van der Waals surface area contributed by atoms with E-state index in [1.807, 2.05) is 11.6 Å². The Morgan fingerprint density at radius 3 is 2.83 bits per heavy atom. The molecule has 1 aliphatic heterocycles. The molecule has 0 unspecified atom stereocenters. The van der Waals surface area contributed by atoms with Crippen molar-refractivity contribution in [1.82, 2.24) is 24.9 Å². The van der Waals surface area contributed by atoms with Gasteiger partial charge in [0.15, 0.2) is 5.69 Å². The molecule has 0 saturated heterocycles. The molecule has 0 aromatic carbocycles. The molecule has 2 aromatic rings. The van der Waals surface area contributed by atoms with E-state index in [2.05, 4.69) is 15.3 Å². The highest BCUT2D eigenvalue weighted by Crippen LogP contribution is 2.32. The fourth-order valence-corrected chi connectivity index (χ4v) is 3.22. The Bertz CT molecular complexity index is 818. The van der Waals surface area contributed by atoms with E-state index < -0.39 is 5.97 Å². The summed E-state index contributed by atoms with van der Waals surface area (Å²) in [6.07, 6.45) is 2.98. The molecule has 24 heavy (non-hydrogen) atoms. The number of carbonyl (C=O) groups is 2. The minimum atomic E-state index is -1.04. The number of carboxylic acids is 1. The van der Waals surface area contributed by atoms with Crippen LogP contribution in [0.4, 0.5) is 0 Å². The van der Waals surface area contributed by atoms with Gasteiger partial charge in [-0.15, -0.1) is 0 Å². The van der Waals surface area contributed by atoms with Gasteiger partial charge in [-0.3, -0.25) is 14.6 Å². The first-order chi connectivity index (χ1) is 11.5. The summed E-state index contributed by atoms with van der Waals surface area (Å²) in [5.74, 6) is -0.607. The number of aryl methyl sites for hydroxylation is 1. The smallest absolute Gasteiger partial charge is 0.356 e. The van der Waals surface area contributed by atoms with Crippen LogP contribution in [0.1, 0.15) is 50.8 Å². The van der Waals surface area contributed by atoms with Crippen molar-refractivity contribution < 1.29 is 14.7 Å². The number of carbonyl (C=O) groups excluding carboxylic acids is 1. The number of H-pyrrole nitrogens is 1. The van der Waals surface area contributed by atoms with Gasteiger partial charge in [0.05, 0.1) is 6.54 Å². The summed E-state index contributed by atoms with van der Waals surface area (Å²) in [7, 11) is 0. The van der Waals surface area contributed by atoms with E-state index in [1.165, 1.54) is 12.8 Å². The minimum absolute atomic E-state index is 0.0707. The van der Waals surface area contributed by atoms with Gasteiger partial charge in [0.1, 0.15) is 5.69 Å². The fraction of sp³-hybridized carbons (Fsp3) is 0.500. The Hall–Kier alpha value is -2.64. The molecule has 0 spiro atoms. The summed E-state index contributed by atoms with van der Waals surface area (Å²) in [4.78, 5) is 25.8. The lowest BCUT2D eigenvalue weighted by molar-refractivity contribution is 0.0673. The first-order valence-electron chi connectivity index (χ1n) is 8.16. The molecule has 126 valence electrons. The van der Waals surface area contributed by atoms with E-state index in [9.17, 15) is 14.7 Å². The summed E-state index contributed by atoms with van der Waals surface area (Å²) in [5, 5.41) is 20.5. The lowest BCUT2D eigenvalue weighted by Crippen LogP contribution is -2.37. The first kappa shape index (κ1) is 14.9. The highest BCUT2D eigenvalue weighted by molar-refractivity contribution is 5.93. The highest BCUT2D eigenvalue weighted by Gasteiger charge is 2.32. The zero-order valence-corrected chi connectivity index (χ0v) is 13.4. The molecule has 2 N–H and O–H groups in total. The molecule has 1 saturated carbocycles. The van der Waals surface area contributed by atoms with Gasteiger partial charge in [0, 0.05) is 36.5 Å². The van der Waals surface area contributed by atoms with Gasteiger partial charge in [0.25, 0.3) is 5.91 Å². The van der Waals surface area contributed by atoms with E-state index in [0.29, 0.717) is 30.1 Å². The molecule has 1 aliphatic carbocycles. The van der Waals surface area contributed by atoms with Crippen LogP contribution < -0.4 is 0 Å². The number of carboxylic acid groups (broad SMARTS) is 1. The molecule has 8 heteroatoms. The van der Waals surface area contributed by atoms with Crippen LogP contribution in [0, 0.1) is 12.8 Å². The van der Waals surface area contributed by atoms with E-state index in [1.54, 1.807) is 11.0 Å². The third-order valence-electron chi connectivity index (χ3n) is 4.68. The fourth-order valence-electron chi connectivity index (χ4n) is 3.22. The lowest BCUT2D eigenvalue weighted by atomic mass is 10.0. The Kier molecular flexibility index (Phi) is 3.40. The van der Waals surface area contributed by atoms with Crippen LogP contribution in [0.15, 0.2) is 6.07 Å². The van der Waals surface area contributed by atoms with Gasteiger partial charge < -0.3 is 10.0 Å². The molecule has 4 rings (SSSR count). The summed E-state index contributed by atoms with van der Waals surface area (Å²) >= 11 is 0. The number of hydrogen-bond donors (Lipinski definition) is 2. The van der Waals surface area contributed by atoms with Crippen LogP contribution in [-0.4, -0.2) is 48.4 Å². The summed E-state index contributed by atoms with van der Waals surface area (Å²) in [5.41, 5.74) is 2.87. The Morgan fingerprint density at radius 2 is 2.21 bits per heavy atom. The number of aromatic carboxylic acids is 1. The molecule has 8 nitrogen and oxygen atoms in total. The molecule has 2 aliphatic rings. The Balaban J connectivity index is 1.62. The number of aromatic amines is 1. The quantitative estimate of drug-likeness (QED) is 0.878. The van der Waals surface area contributed by atoms with Crippen molar-refractivity contribution in [2.45, 2.75) is 39.3 Å². The number of nitrogens with one attached hydrogen (secondary N) is 1. The van der Waals surface area contributed by atoms with Crippen molar-refractivity contribution in [3.63, 3.8) is 0 Å². The molecule has 3 heterocycles. The predicted molar refractivity (Wildman–Crippen MR) is 83.7 cm³/mol. The zero-order chi connectivity index (χ0) is 16.8. The standard InChI is InChI=1S/C16H19N5O3/c1-9-6-12(18-17-9)15(22)20-5-4-13-11(8-20)14(16(23)24)19-21(13)7-10-2-3-10/h6,10H,2-5,7-8H2,1H3,(H,17,18)(H,23,24). The second kappa shape index (κ2) is 5.47. The first-order valence-corrected chi connectivity index (χ1v) is 8.16. The van der Waals surface area contributed by atoms with Crippen molar-refractivity contribution >= 4 is 11.9 Å². The summed E-state index contributed by atoms with van der Waals surface area (Å²) in [6.45, 7) is 3.43. The van der Waals surface area contributed by atoms with Gasteiger partial charge in [-0.2, -0.15) is 10.2 Å². The monoisotopic (exact) mass is 329 g/mol. The van der Waals surface area contributed by atoms with Gasteiger partial charge in [-0.05, 0) is 31.7 Å². The van der Waals surface area contributed by atoms with Crippen LogP contribution in [0.3, 0.4) is 0 Å². The van der Waals surface area contributed by atoms with Crippen molar-refractivity contribution in [3.05, 3.63) is 34.4 Å². The van der Waals surface area contributed by atoms with Gasteiger partial charge in [0.2, 0.25) is 0 Å². The Morgan fingerprint density at radius 1 is 1.42 bits per heavy atom. The van der Waals surface area contributed by atoms with Crippen LogP contribution in [-0.2, 0) is 19.5 Å². The van der Waals surface area contributed by atoms with Gasteiger partial charge >= 0.3 is 5.97 Å². The maximum absolute atomic E-state index is 12.6. The minimum Gasteiger partial charge on any atom is -0.476 e. The van der Waals surface area contributed by atoms with Crippen molar-refractivity contribution in [2.24, 2.45) is 5.92 Å². The summed E-state index contributed by atoms with van der Waals surface area (Å²) in [6, 6.07) is 1.70. The normalized spacial score (nSPS) is 17.0. The molecule has 0 bridgehead atoms. The molecule has 1 amide bonds. The van der Waals surface area contributed by atoms with Crippen molar-refractivity contribution in [3.8, 4) is 0 Å². The number of fused-ring (bicyclic) bond motifs is 1. The SMILES string of the molecule is Cc1cc(C(=O)N2CCc3c(c(C(=O)O)nn3CC3CC3)C2)n[nH]1. The summed E-state index contributed by atoms with van der Waals surface area (Å²) < 4.78 is 1.84. The molecule has 0 radical (unpaired) electrons. The average molecular weight is 329 g/mol. The van der Waals surface area contributed by atoms with Crippen LogP contribution in [0.5, 0.6) is 0 Å². The number of aromatic nitrogens is 4. The van der Waals surface area contributed by atoms with Crippen molar-refractivity contribution in [1.29, 1.82) is 0 Å². The highest BCUT2D eigenvalue weighted by atomic mass is 16.4.